The fraction of sp³-hybridized carbons (Fsp3) is 0.455. The van der Waals surface area contributed by atoms with E-state index in [1.54, 1.807) is 0 Å². The molecule has 17 heavy (non-hydrogen) atoms. The van der Waals surface area contributed by atoms with E-state index in [0.717, 1.165) is 18.2 Å². The van der Waals surface area contributed by atoms with Gasteiger partial charge in [0.15, 0.2) is 0 Å². The van der Waals surface area contributed by atoms with E-state index in [1.165, 1.54) is 13.8 Å². The smallest absolute Gasteiger partial charge is 0.426 e. The minimum Gasteiger partial charge on any atom is -0.479 e. The number of benzene rings is 1. The molecule has 0 heterocycles. The lowest BCUT2D eigenvalue weighted by Crippen LogP contribution is -2.47. The van der Waals surface area contributed by atoms with Crippen molar-refractivity contribution in [3.05, 3.63) is 29.6 Å². The van der Waals surface area contributed by atoms with Crippen molar-refractivity contribution in [1.82, 2.24) is 0 Å². The molecule has 0 spiro atoms. The topological polar surface area (TPSA) is 35.2 Å². The summed E-state index contributed by atoms with van der Waals surface area (Å²) in [6.07, 6.45) is -6.67. The van der Waals surface area contributed by atoms with Gasteiger partial charge in [-0.25, -0.2) is 4.39 Å². The molecule has 96 valence electrons. The third-order valence-electron chi connectivity index (χ3n) is 2.19. The number of aryl methyl sites for hydroxylation is 1. The molecular weight excluding hydrogens is 238 g/mol. The molecule has 0 radical (unpaired) electrons. The lowest BCUT2D eigenvalue weighted by molar-refractivity contribution is -0.199. The first-order valence-electron chi connectivity index (χ1n) is 4.97. The first-order chi connectivity index (χ1) is 7.71. The summed E-state index contributed by atoms with van der Waals surface area (Å²) in [5.41, 5.74) is 5.52. The number of hydrogen-bond donors (Lipinski definition) is 1. The van der Waals surface area contributed by atoms with Crippen LogP contribution in [0.2, 0.25) is 0 Å². The summed E-state index contributed by atoms with van der Waals surface area (Å²) < 4.78 is 55.3. The van der Waals surface area contributed by atoms with Gasteiger partial charge in [0, 0.05) is 6.04 Å². The normalized spacial score (nSPS) is 15.5. The second kappa shape index (κ2) is 4.91. The molecule has 1 aromatic rings. The van der Waals surface area contributed by atoms with Gasteiger partial charge >= 0.3 is 6.18 Å². The Morgan fingerprint density at radius 2 is 1.88 bits per heavy atom. The molecule has 2 N–H and O–H groups in total. The summed E-state index contributed by atoms with van der Waals surface area (Å²) in [7, 11) is 0. The van der Waals surface area contributed by atoms with Crippen LogP contribution in [0.3, 0.4) is 0 Å². The summed E-state index contributed by atoms with van der Waals surface area (Å²) >= 11 is 0. The van der Waals surface area contributed by atoms with Crippen molar-refractivity contribution < 1.29 is 22.3 Å². The molecule has 0 saturated carbocycles. The highest BCUT2D eigenvalue weighted by Gasteiger charge is 2.44. The summed E-state index contributed by atoms with van der Waals surface area (Å²) in [6.45, 7) is 2.67. The van der Waals surface area contributed by atoms with Gasteiger partial charge in [0.05, 0.1) is 0 Å². The lowest BCUT2D eigenvalue weighted by Gasteiger charge is -2.25. The third-order valence-corrected chi connectivity index (χ3v) is 2.19. The van der Waals surface area contributed by atoms with Crippen LogP contribution in [0, 0.1) is 12.7 Å². The van der Waals surface area contributed by atoms with Gasteiger partial charge in [0.2, 0.25) is 6.10 Å². The van der Waals surface area contributed by atoms with E-state index < -0.39 is 24.1 Å². The molecule has 1 aromatic carbocycles. The van der Waals surface area contributed by atoms with Gasteiger partial charge in [0.1, 0.15) is 11.6 Å². The maximum atomic E-state index is 12.8. The predicted octanol–water partition coefficient (Wildman–Crippen LogP) is 2.79. The van der Waals surface area contributed by atoms with Crippen LogP contribution in [-0.4, -0.2) is 18.3 Å². The number of alkyl halides is 3. The highest BCUT2D eigenvalue weighted by molar-refractivity contribution is 5.33. The maximum absolute atomic E-state index is 12.8. The van der Waals surface area contributed by atoms with E-state index in [2.05, 4.69) is 0 Å². The number of rotatable bonds is 3. The Morgan fingerprint density at radius 3 is 2.29 bits per heavy atom. The summed E-state index contributed by atoms with van der Waals surface area (Å²) in [5.74, 6) is -0.551. The number of nitrogens with two attached hydrogens (primary N) is 1. The second-order valence-electron chi connectivity index (χ2n) is 3.85. The van der Waals surface area contributed by atoms with Gasteiger partial charge in [-0.05, 0) is 37.6 Å². The minimum atomic E-state index is -4.56. The minimum absolute atomic E-state index is 0.0222. The molecule has 0 aromatic heterocycles. The zero-order valence-corrected chi connectivity index (χ0v) is 9.38. The van der Waals surface area contributed by atoms with Crippen LogP contribution in [0.1, 0.15) is 12.5 Å². The SMILES string of the molecule is Cc1cc(F)ccc1OC(C(C)N)C(F)(F)F. The van der Waals surface area contributed by atoms with Gasteiger partial charge in [0.25, 0.3) is 0 Å². The molecule has 0 bridgehead atoms. The van der Waals surface area contributed by atoms with Gasteiger partial charge in [-0.15, -0.1) is 0 Å². The predicted molar refractivity (Wildman–Crippen MR) is 55.3 cm³/mol. The van der Waals surface area contributed by atoms with E-state index in [1.807, 2.05) is 0 Å². The Hall–Kier alpha value is -1.30. The van der Waals surface area contributed by atoms with Crippen LogP contribution in [0.4, 0.5) is 17.6 Å². The molecule has 0 aliphatic heterocycles. The van der Waals surface area contributed by atoms with E-state index in [0.29, 0.717) is 5.56 Å². The van der Waals surface area contributed by atoms with Crippen molar-refractivity contribution >= 4 is 0 Å². The van der Waals surface area contributed by atoms with Crippen LogP contribution >= 0.6 is 0 Å². The fourth-order valence-corrected chi connectivity index (χ4v) is 1.35. The molecule has 2 atom stereocenters. The zero-order chi connectivity index (χ0) is 13.2. The maximum Gasteiger partial charge on any atom is 0.426 e. The van der Waals surface area contributed by atoms with E-state index in [9.17, 15) is 17.6 Å². The monoisotopic (exact) mass is 251 g/mol. The Morgan fingerprint density at radius 1 is 1.29 bits per heavy atom. The Labute approximate surface area is 96.4 Å². The highest BCUT2D eigenvalue weighted by atomic mass is 19.4. The number of ether oxygens (including phenoxy) is 1. The van der Waals surface area contributed by atoms with Crippen LogP contribution < -0.4 is 10.5 Å². The zero-order valence-electron chi connectivity index (χ0n) is 9.38. The van der Waals surface area contributed by atoms with Crippen molar-refractivity contribution in [2.45, 2.75) is 32.2 Å². The summed E-state index contributed by atoms with van der Waals surface area (Å²) in [4.78, 5) is 0. The first-order valence-corrected chi connectivity index (χ1v) is 4.97. The molecule has 0 aliphatic carbocycles. The van der Waals surface area contributed by atoms with Crippen LogP contribution in [0.15, 0.2) is 18.2 Å². The van der Waals surface area contributed by atoms with Gasteiger partial charge in [-0.3, -0.25) is 0 Å². The van der Waals surface area contributed by atoms with Crippen molar-refractivity contribution in [3.63, 3.8) is 0 Å². The quantitative estimate of drug-likeness (QED) is 0.838. The molecule has 0 aliphatic rings. The second-order valence-corrected chi connectivity index (χ2v) is 3.85. The largest absolute Gasteiger partial charge is 0.479 e. The molecular formula is C11H13F4NO. The molecule has 2 unspecified atom stereocenters. The van der Waals surface area contributed by atoms with Gasteiger partial charge in [-0.1, -0.05) is 0 Å². The summed E-state index contributed by atoms with van der Waals surface area (Å²) in [6, 6.07) is 2.09. The van der Waals surface area contributed by atoms with Crippen molar-refractivity contribution in [1.29, 1.82) is 0 Å². The molecule has 6 heteroatoms. The number of hydrogen-bond acceptors (Lipinski definition) is 2. The van der Waals surface area contributed by atoms with Gasteiger partial charge in [-0.2, -0.15) is 13.2 Å². The highest BCUT2D eigenvalue weighted by Crippen LogP contribution is 2.28. The van der Waals surface area contributed by atoms with Crippen molar-refractivity contribution in [2.75, 3.05) is 0 Å². The molecule has 0 fully saturated rings. The average molecular weight is 251 g/mol. The summed E-state index contributed by atoms with van der Waals surface area (Å²) in [5, 5.41) is 0. The van der Waals surface area contributed by atoms with Crippen LogP contribution in [0.25, 0.3) is 0 Å². The molecule has 0 saturated heterocycles. The average Bonchev–Trinajstić information content (AvgIpc) is 2.13. The Kier molecular flexibility index (Phi) is 3.98. The van der Waals surface area contributed by atoms with Crippen molar-refractivity contribution in [2.24, 2.45) is 5.73 Å². The van der Waals surface area contributed by atoms with Crippen LogP contribution in [0.5, 0.6) is 5.75 Å². The lowest BCUT2D eigenvalue weighted by atomic mass is 10.1. The van der Waals surface area contributed by atoms with E-state index in [-0.39, 0.29) is 5.75 Å². The number of halogens is 4. The Balaban J connectivity index is 2.94. The molecule has 2 nitrogen and oxygen atoms in total. The fourth-order valence-electron chi connectivity index (χ4n) is 1.35. The molecule has 0 amide bonds. The van der Waals surface area contributed by atoms with Gasteiger partial charge < -0.3 is 10.5 Å². The van der Waals surface area contributed by atoms with Crippen LogP contribution in [-0.2, 0) is 0 Å². The molecule has 1 rings (SSSR count). The third kappa shape index (κ3) is 3.59. The standard InChI is InChI=1S/C11H13F4NO/c1-6-5-8(12)3-4-9(6)17-10(7(2)16)11(13,14)15/h3-5,7,10H,16H2,1-2H3. The van der Waals surface area contributed by atoms with Crippen molar-refractivity contribution in [3.8, 4) is 5.75 Å². The van der Waals surface area contributed by atoms with E-state index in [4.69, 9.17) is 10.5 Å². The van der Waals surface area contributed by atoms with E-state index >= 15 is 0 Å². The Bertz CT molecular complexity index is 390. The first kappa shape index (κ1) is 13.8.